The first-order chi connectivity index (χ1) is 13.3. The Balaban J connectivity index is 1.68. The molecule has 5 nitrogen and oxygen atoms in total. The Morgan fingerprint density at radius 2 is 1.81 bits per heavy atom. The summed E-state index contributed by atoms with van der Waals surface area (Å²) < 4.78 is 7.53. The third-order valence-corrected chi connectivity index (χ3v) is 4.25. The number of pyridine rings is 1. The SMILES string of the molecule is CCOc1ccccc1C(=O)Nc1ccccc1-c1cn2ccccc2n1. The molecule has 0 bridgehead atoms. The molecule has 0 aliphatic rings. The fraction of sp³-hybridized carbons (Fsp3) is 0.0909. The van der Waals surface area contributed by atoms with Gasteiger partial charge in [0, 0.05) is 18.0 Å². The number of amides is 1. The van der Waals surface area contributed by atoms with Crippen molar-refractivity contribution in [2.24, 2.45) is 0 Å². The van der Waals surface area contributed by atoms with Gasteiger partial charge in [-0.3, -0.25) is 4.79 Å². The van der Waals surface area contributed by atoms with E-state index >= 15 is 0 Å². The second kappa shape index (κ2) is 7.33. The second-order valence-corrected chi connectivity index (χ2v) is 6.02. The van der Waals surface area contributed by atoms with Gasteiger partial charge in [0.1, 0.15) is 11.4 Å². The van der Waals surface area contributed by atoms with E-state index in [1.54, 1.807) is 12.1 Å². The van der Waals surface area contributed by atoms with Crippen LogP contribution in [0.2, 0.25) is 0 Å². The zero-order chi connectivity index (χ0) is 18.6. The van der Waals surface area contributed by atoms with Crippen molar-refractivity contribution in [3.05, 3.63) is 84.7 Å². The van der Waals surface area contributed by atoms with Crippen molar-refractivity contribution < 1.29 is 9.53 Å². The van der Waals surface area contributed by atoms with Crippen molar-refractivity contribution in [1.29, 1.82) is 0 Å². The molecule has 0 aliphatic heterocycles. The van der Waals surface area contributed by atoms with Crippen LogP contribution in [0.25, 0.3) is 16.9 Å². The van der Waals surface area contributed by atoms with Crippen LogP contribution in [-0.4, -0.2) is 21.9 Å². The molecule has 4 rings (SSSR count). The summed E-state index contributed by atoms with van der Waals surface area (Å²) in [6, 6.07) is 20.7. The summed E-state index contributed by atoms with van der Waals surface area (Å²) in [6.45, 7) is 2.40. The fourth-order valence-corrected chi connectivity index (χ4v) is 3.01. The van der Waals surface area contributed by atoms with Crippen LogP contribution in [0.1, 0.15) is 17.3 Å². The third-order valence-electron chi connectivity index (χ3n) is 4.25. The molecule has 2 aromatic carbocycles. The zero-order valence-corrected chi connectivity index (χ0v) is 14.9. The van der Waals surface area contributed by atoms with Crippen LogP contribution in [0, 0.1) is 0 Å². The van der Waals surface area contributed by atoms with Gasteiger partial charge in [0.05, 0.1) is 23.6 Å². The van der Waals surface area contributed by atoms with Gasteiger partial charge in [-0.1, -0.05) is 36.4 Å². The second-order valence-electron chi connectivity index (χ2n) is 6.02. The van der Waals surface area contributed by atoms with Gasteiger partial charge in [-0.05, 0) is 37.3 Å². The van der Waals surface area contributed by atoms with Crippen molar-refractivity contribution >= 4 is 17.2 Å². The van der Waals surface area contributed by atoms with E-state index in [0.29, 0.717) is 23.6 Å². The van der Waals surface area contributed by atoms with Gasteiger partial charge in [-0.25, -0.2) is 4.98 Å². The van der Waals surface area contributed by atoms with Gasteiger partial charge in [-0.2, -0.15) is 0 Å². The number of aromatic nitrogens is 2. The standard InChI is InChI=1S/C22H19N3O2/c1-2-27-20-12-6-4-10-17(20)22(26)24-18-11-5-3-9-16(18)19-15-25-14-8-7-13-21(25)23-19/h3-15H,2H2,1H3,(H,24,26). The highest BCUT2D eigenvalue weighted by Crippen LogP contribution is 2.28. The van der Waals surface area contributed by atoms with Gasteiger partial charge in [0.25, 0.3) is 5.91 Å². The monoisotopic (exact) mass is 357 g/mol. The number of fused-ring (bicyclic) bond motifs is 1. The lowest BCUT2D eigenvalue weighted by Crippen LogP contribution is -2.14. The predicted octanol–water partition coefficient (Wildman–Crippen LogP) is 4.65. The Kier molecular flexibility index (Phi) is 4.58. The Morgan fingerprint density at radius 3 is 2.67 bits per heavy atom. The van der Waals surface area contributed by atoms with E-state index in [1.807, 2.05) is 78.3 Å². The molecule has 0 fully saturated rings. The average molecular weight is 357 g/mol. The molecule has 27 heavy (non-hydrogen) atoms. The number of imidazole rings is 1. The Hall–Kier alpha value is -3.60. The molecular formula is C22H19N3O2. The highest BCUT2D eigenvalue weighted by molar-refractivity contribution is 6.07. The van der Waals surface area contributed by atoms with Crippen LogP contribution >= 0.6 is 0 Å². The summed E-state index contributed by atoms with van der Waals surface area (Å²) in [7, 11) is 0. The molecule has 0 unspecified atom stereocenters. The molecule has 4 aromatic rings. The highest BCUT2D eigenvalue weighted by Gasteiger charge is 2.15. The van der Waals surface area contributed by atoms with Gasteiger partial charge in [0.15, 0.2) is 0 Å². The lowest BCUT2D eigenvalue weighted by Gasteiger charge is -2.12. The molecule has 0 saturated heterocycles. The van der Waals surface area contributed by atoms with E-state index in [1.165, 1.54) is 0 Å². The summed E-state index contributed by atoms with van der Waals surface area (Å²) in [6.07, 6.45) is 3.90. The van der Waals surface area contributed by atoms with Crippen molar-refractivity contribution in [3.8, 4) is 17.0 Å². The summed E-state index contributed by atoms with van der Waals surface area (Å²) in [5.74, 6) is 0.359. The number of rotatable bonds is 5. The number of nitrogens with one attached hydrogen (secondary N) is 1. The minimum atomic E-state index is -0.213. The van der Waals surface area contributed by atoms with E-state index < -0.39 is 0 Å². The van der Waals surface area contributed by atoms with Crippen molar-refractivity contribution in [2.75, 3.05) is 11.9 Å². The number of nitrogens with zero attached hydrogens (tertiary/aromatic N) is 2. The topological polar surface area (TPSA) is 55.6 Å². The maximum Gasteiger partial charge on any atom is 0.259 e. The molecule has 0 saturated carbocycles. The summed E-state index contributed by atoms with van der Waals surface area (Å²) >= 11 is 0. The van der Waals surface area contributed by atoms with Crippen LogP contribution in [0.15, 0.2) is 79.1 Å². The molecule has 1 N–H and O–H groups in total. The highest BCUT2D eigenvalue weighted by atomic mass is 16.5. The molecule has 1 amide bonds. The number of carbonyl (C=O) groups excluding carboxylic acids is 1. The smallest absolute Gasteiger partial charge is 0.259 e. The van der Waals surface area contributed by atoms with Crippen LogP contribution in [0.3, 0.4) is 0 Å². The van der Waals surface area contributed by atoms with E-state index in [9.17, 15) is 4.79 Å². The lowest BCUT2D eigenvalue weighted by atomic mass is 10.1. The van der Waals surface area contributed by atoms with Crippen LogP contribution < -0.4 is 10.1 Å². The molecule has 0 radical (unpaired) electrons. The van der Waals surface area contributed by atoms with Gasteiger partial charge in [-0.15, -0.1) is 0 Å². The third kappa shape index (κ3) is 3.40. The summed E-state index contributed by atoms with van der Waals surface area (Å²) in [5.41, 5.74) is 3.73. The maximum absolute atomic E-state index is 12.8. The minimum Gasteiger partial charge on any atom is -0.493 e. The largest absolute Gasteiger partial charge is 0.493 e. The summed E-state index contributed by atoms with van der Waals surface area (Å²) in [4.78, 5) is 17.5. The number of ether oxygens (including phenoxy) is 1. The first-order valence-electron chi connectivity index (χ1n) is 8.82. The first-order valence-corrected chi connectivity index (χ1v) is 8.82. The predicted molar refractivity (Wildman–Crippen MR) is 106 cm³/mol. The molecule has 5 heteroatoms. The Morgan fingerprint density at radius 1 is 1.04 bits per heavy atom. The van der Waals surface area contributed by atoms with Crippen LogP contribution in [0.5, 0.6) is 5.75 Å². The Bertz CT molecular complexity index is 1070. The Labute approximate surface area is 157 Å². The average Bonchev–Trinajstić information content (AvgIpc) is 3.13. The number of para-hydroxylation sites is 2. The fourth-order valence-electron chi connectivity index (χ4n) is 3.01. The molecule has 0 aliphatic carbocycles. The molecular weight excluding hydrogens is 338 g/mol. The van der Waals surface area contributed by atoms with E-state index in [4.69, 9.17) is 4.74 Å². The first kappa shape index (κ1) is 16.8. The van der Waals surface area contributed by atoms with E-state index in [0.717, 1.165) is 16.9 Å². The quantitative estimate of drug-likeness (QED) is 0.565. The zero-order valence-electron chi connectivity index (χ0n) is 14.9. The molecule has 2 aromatic heterocycles. The van der Waals surface area contributed by atoms with Gasteiger partial charge < -0.3 is 14.5 Å². The van der Waals surface area contributed by atoms with Crippen molar-refractivity contribution in [2.45, 2.75) is 6.92 Å². The number of anilines is 1. The molecule has 134 valence electrons. The van der Waals surface area contributed by atoms with Crippen LogP contribution in [0.4, 0.5) is 5.69 Å². The van der Waals surface area contributed by atoms with Crippen LogP contribution in [-0.2, 0) is 0 Å². The number of hydrogen-bond donors (Lipinski definition) is 1. The lowest BCUT2D eigenvalue weighted by molar-refractivity contribution is 0.102. The summed E-state index contributed by atoms with van der Waals surface area (Å²) in [5, 5.41) is 3.00. The van der Waals surface area contributed by atoms with E-state index in [2.05, 4.69) is 10.3 Å². The number of hydrogen-bond acceptors (Lipinski definition) is 3. The number of benzene rings is 2. The molecule has 0 atom stereocenters. The normalized spacial score (nSPS) is 10.7. The number of carbonyl (C=O) groups is 1. The van der Waals surface area contributed by atoms with E-state index in [-0.39, 0.29) is 5.91 Å². The van der Waals surface area contributed by atoms with Gasteiger partial charge >= 0.3 is 0 Å². The van der Waals surface area contributed by atoms with Gasteiger partial charge in [0.2, 0.25) is 0 Å². The minimum absolute atomic E-state index is 0.213. The van der Waals surface area contributed by atoms with Crippen molar-refractivity contribution in [3.63, 3.8) is 0 Å². The molecule has 0 spiro atoms. The molecule has 2 heterocycles. The van der Waals surface area contributed by atoms with Crippen molar-refractivity contribution in [1.82, 2.24) is 9.38 Å². The maximum atomic E-state index is 12.8.